The molecule has 0 atom stereocenters. The lowest BCUT2D eigenvalue weighted by Crippen LogP contribution is -2.38. The van der Waals surface area contributed by atoms with Crippen molar-refractivity contribution in [2.45, 2.75) is 26.3 Å². The van der Waals surface area contributed by atoms with Crippen molar-refractivity contribution < 1.29 is 14.1 Å². The number of carbonyl (C=O) groups excluding carboxylic acids is 1. The first-order valence-electron chi connectivity index (χ1n) is 12.3. The number of carbonyl (C=O) groups is 1. The fourth-order valence-electron chi connectivity index (χ4n) is 4.66. The molecule has 37 heavy (non-hydrogen) atoms. The molecule has 2 aromatic carbocycles. The Labute approximate surface area is 214 Å². The quantitative estimate of drug-likeness (QED) is 0.413. The van der Waals surface area contributed by atoms with Crippen LogP contribution in [0.15, 0.2) is 63.9 Å². The van der Waals surface area contributed by atoms with E-state index < -0.39 is 0 Å². The van der Waals surface area contributed by atoms with Gasteiger partial charge in [-0.1, -0.05) is 23.4 Å². The van der Waals surface area contributed by atoms with E-state index in [2.05, 4.69) is 20.4 Å². The standard InChI is InChI=1S/C27H30N6O4/c1-18-24(27(35)33(31(18)2)21-7-5-4-6-8-21)29-26(34)20-13-15-32(16-14-20)17-23-28-25(30-37-23)19-9-11-22(36-3)12-10-19/h4-12,20H,13-17H2,1-3H3,(H,29,34). The number of anilines is 1. The highest BCUT2D eigenvalue weighted by molar-refractivity contribution is 5.93. The molecule has 1 fully saturated rings. The van der Waals surface area contributed by atoms with Gasteiger partial charge in [0.05, 0.1) is 25.0 Å². The van der Waals surface area contributed by atoms with Crippen LogP contribution in [0.25, 0.3) is 17.1 Å². The summed E-state index contributed by atoms with van der Waals surface area (Å²) in [6, 6.07) is 16.9. The lowest BCUT2D eigenvalue weighted by atomic mass is 9.96. The van der Waals surface area contributed by atoms with Crippen LogP contribution in [0.5, 0.6) is 5.75 Å². The van der Waals surface area contributed by atoms with Gasteiger partial charge < -0.3 is 14.6 Å². The van der Waals surface area contributed by atoms with Crippen LogP contribution in [0.1, 0.15) is 24.4 Å². The van der Waals surface area contributed by atoms with E-state index in [0.29, 0.717) is 42.5 Å². The molecule has 192 valence electrons. The van der Waals surface area contributed by atoms with Gasteiger partial charge in [0.2, 0.25) is 17.6 Å². The first-order valence-corrected chi connectivity index (χ1v) is 12.3. The van der Waals surface area contributed by atoms with Crippen LogP contribution in [0, 0.1) is 12.8 Å². The second-order valence-corrected chi connectivity index (χ2v) is 9.22. The summed E-state index contributed by atoms with van der Waals surface area (Å²) >= 11 is 0. The molecule has 1 amide bonds. The van der Waals surface area contributed by atoms with Gasteiger partial charge in [0.15, 0.2) is 0 Å². The number of para-hydroxylation sites is 1. The van der Waals surface area contributed by atoms with Gasteiger partial charge in [-0.25, -0.2) is 4.68 Å². The van der Waals surface area contributed by atoms with E-state index in [4.69, 9.17) is 9.26 Å². The van der Waals surface area contributed by atoms with Crippen molar-refractivity contribution in [1.29, 1.82) is 0 Å². The van der Waals surface area contributed by atoms with E-state index in [0.717, 1.165) is 30.1 Å². The molecule has 3 heterocycles. The number of benzene rings is 2. The Morgan fingerprint density at radius 3 is 2.49 bits per heavy atom. The Morgan fingerprint density at radius 1 is 1.11 bits per heavy atom. The third-order valence-electron chi connectivity index (χ3n) is 6.94. The molecule has 4 aromatic rings. The van der Waals surface area contributed by atoms with Crippen LogP contribution in [-0.2, 0) is 18.4 Å². The molecule has 0 spiro atoms. The average Bonchev–Trinajstić information content (AvgIpc) is 3.48. The van der Waals surface area contributed by atoms with Crippen molar-refractivity contribution in [1.82, 2.24) is 24.4 Å². The Morgan fingerprint density at radius 2 is 1.81 bits per heavy atom. The van der Waals surface area contributed by atoms with E-state index in [1.54, 1.807) is 16.5 Å². The topological polar surface area (TPSA) is 107 Å². The van der Waals surface area contributed by atoms with Gasteiger partial charge in [-0.3, -0.25) is 19.2 Å². The fourth-order valence-corrected chi connectivity index (χ4v) is 4.66. The molecule has 0 radical (unpaired) electrons. The number of hydrogen-bond acceptors (Lipinski definition) is 7. The fraction of sp³-hybridized carbons (Fsp3) is 0.333. The van der Waals surface area contributed by atoms with Crippen molar-refractivity contribution in [2.75, 3.05) is 25.5 Å². The third kappa shape index (κ3) is 5.05. The molecule has 10 heteroatoms. The minimum atomic E-state index is -0.235. The molecule has 1 N–H and O–H groups in total. The predicted molar refractivity (Wildman–Crippen MR) is 139 cm³/mol. The SMILES string of the molecule is COc1ccc(-c2noc(CN3CCC(C(=O)Nc4c(C)n(C)n(-c5ccccc5)c4=O)CC3)n2)cc1. The summed E-state index contributed by atoms with van der Waals surface area (Å²) in [6.45, 7) is 3.81. The minimum Gasteiger partial charge on any atom is -0.497 e. The number of rotatable bonds is 7. The minimum absolute atomic E-state index is 0.120. The maximum atomic E-state index is 13.1. The molecule has 2 aromatic heterocycles. The van der Waals surface area contributed by atoms with Crippen LogP contribution >= 0.6 is 0 Å². The van der Waals surface area contributed by atoms with E-state index in [1.165, 1.54) is 0 Å². The van der Waals surface area contributed by atoms with Gasteiger partial charge in [0.25, 0.3) is 5.56 Å². The number of nitrogens with one attached hydrogen (secondary N) is 1. The van der Waals surface area contributed by atoms with Crippen LogP contribution in [0.3, 0.4) is 0 Å². The van der Waals surface area contributed by atoms with Gasteiger partial charge >= 0.3 is 0 Å². The van der Waals surface area contributed by atoms with Crippen molar-refractivity contribution in [2.24, 2.45) is 13.0 Å². The van der Waals surface area contributed by atoms with E-state index in [9.17, 15) is 9.59 Å². The largest absolute Gasteiger partial charge is 0.497 e. The number of likely N-dealkylation sites (tertiary alicyclic amines) is 1. The lowest BCUT2D eigenvalue weighted by molar-refractivity contribution is -0.121. The van der Waals surface area contributed by atoms with Gasteiger partial charge in [-0.05, 0) is 69.3 Å². The molecule has 0 unspecified atom stereocenters. The smallest absolute Gasteiger partial charge is 0.295 e. The van der Waals surface area contributed by atoms with Gasteiger partial charge in [0.1, 0.15) is 11.4 Å². The molecule has 1 aliphatic rings. The summed E-state index contributed by atoms with van der Waals surface area (Å²) in [7, 11) is 3.44. The molecule has 1 saturated heterocycles. The van der Waals surface area contributed by atoms with Crippen LogP contribution < -0.4 is 15.6 Å². The van der Waals surface area contributed by atoms with Crippen LogP contribution in [-0.4, -0.2) is 50.5 Å². The van der Waals surface area contributed by atoms with Crippen molar-refractivity contribution in [3.8, 4) is 22.8 Å². The Kier molecular flexibility index (Phi) is 6.91. The summed E-state index contributed by atoms with van der Waals surface area (Å²) < 4.78 is 14.0. The lowest BCUT2D eigenvalue weighted by Gasteiger charge is -2.30. The molecule has 0 saturated carbocycles. The Balaban J connectivity index is 1.18. The van der Waals surface area contributed by atoms with Crippen molar-refractivity contribution >= 4 is 11.6 Å². The summed E-state index contributed by atoms with van der Waals surface area (Å²) in [5.74, 6) is 1.55. The number of piperidine rings is 1. The highest BCUT2D eigenvalue weighted by Gasteiger charge is 2.28. The highest BCUT2D eigenvalue weighted by Crippen LogP contribution is 2.23. The predicted octanol–water partition coefficient (Wildman–Crippen LogP) is 3.39. The Hall–Kier alpha value is -4.18. The number of aromatic nitrogens is 4. The molecule has 5 rings (SSSR count). The van der Waals surface area contributed by atoms with Crippen LogP contribution in [0.2, 0.25) is 0 Å². The molecule has 1 aliphatic heterocycles. The maximum Gasteiger partial charge on any atom is 0.295 e. The second kappa shape index (κ2) is 10.4. The summed E-state index contributed by atoms with van der Waals surface area (Å²) in [6.07, 6.45) is 1.37. The zero-order chi connectivity index (χ0) is 25.9. The zero-order valence-corrected chi connectivity index (χ0v) is 21.2. The monoisotopic (exact) mass is 502 g/mol. The molecular weight excluding hydrogens is 472 g/mol. The average molecular weight is 503 g/mol. The van der Waals surface area contributed by atoms with Gasteiger partial charge in [-0.15, -0.1) is 0 Å². The summed E-state index contributed by atoms with van der Waals surface area (Å²) in [4.78, 5) is 32.9. The van der Waals surface area contributed by atoms with Crippen molar-refractivity contribution in [3.05, 3.63) is 76.5 Å². The van der Waals surface area contributed by atoms with Gasteiger partial charge in [0, 0.05) is 18.5 Å². The zero-order valence-electron chi connectivity index (χ0n) is 21.2. The molecule has 0 bridgehead atoms. The number of nitrogens with zero attached hydrogens (tertiary/aromatic N) is 5. The van der Waals surface area contributed by atoms with Crippen molar-refractivity contribution in [3.63, 3.8) is 0 Å². The summed E-state index contributed by atoms with van der Waals surface area (Å²) in [5, 5.41) is 7.01. The third-order valence-corrected chi connectivity index (χ3v) is 6.94. The van der Waals surface area contributed by atoms with E-state index in [1.807, 2.05) is 68.6 Å². The number of ether oxygens (including phenoxy) is 1. The first kappa shape index (κ1) is 24.5. The molecular formula is C27H30N6O4. The molecule has 0 aliphatic carbocycles. The normalized spacial score (nSPS) is 14.6. The highest BCUT2D eigenvalue weighted by atomic mass is 16.5. The first-order chi connectivity index (χ1) is 17.9. The van der Waals surface area contributed by atoms with Gasteiger partial charge in [-0.2, -0.15) is 4.98 Å². The maximum absolute atomic E-state index is 13.1. The Bertz CT molecular complexity index is 1430. The van der Waals surface area contributed by atoms with E-state index >= 15 is 0 Å². The number of hydrogen-bond donors (Lipinski definition) is 1. The van der Waals surface area contributed by atoms with Crippen LogP contribution in [0.4, 0.5) is 5.69 Å². The number of methoxy groups -OCH3 is 1. The number of amides is 1. The molecule has 10 nitrogen and oxygen atoms in total. The second-order valence-electron chi connectivity index (χ2n) is 9.22. The summed E-state index contributed by atoms with van der Waals surface area (Å²) in [5.41, 5.74) is 2.41. The van der Waals surface area contributed by atoms with E-state index in [-0.39, 0.29) is 17.4 Å².